The van der Waals surface area contributed by atoms with Gasteiger partial charge in [-0.2, -0.15) is 0 Å². The van der Waals surface area contributed by atoms with Crippen molar-refractivity contribution in [3.8, 4) is 0 Å². The van der Waals surface area contributed by atoms with Crippen molar-refractivity contribution >= 4 is 22.4 Å². The van der Waals surface area contributed by atoms with Crippen LogP contribution in [0.1, 0.15) is 28.8 Å². The first-order valence-electron chi connectivity index (χ1n) is 7.76. The molecule has 1 aromatic rings. The molecule has 3 heteroatoms. The maximum Gasteiger partial charge on any atom is 0.150 e. The molecule has 112 valence electrons. The highest BCUT2D eigenvalue weighted by Crippen LogP contribution is 2.25. The fourth-order valence-electron chi connectivity index (χ4n) is 3.22. The molecule has 0 unspecified atom stereocenters. The Morgan fingerprint density at radius 3 is 2.05 bits per heavy atom. The normalized spacial score (nSPS) is 12.4. The highest BCUT2D eigenvalue weighted by Gasteiger charge is 2.27. The van der Waals surface area contributed by atoms with Gasteiger partial charge in [0.05, 0.1) is 0 Å². The van der Waals surface area contributed by atoms with Crippen LogP contribution >= 0.6 is 0 Å². The summed E-state index contributed by atoms with van der Waals surface area (Å²) in [6, 6.07) is 9.49. The van der Waals surface area contributed by atoms with Crippen LogP contribution in [0.3, 0.4) is 0 Å². The van der Waals surface area contributed by atoms with E-state index in [9.17, 15) is 4.79 Å². The maximum absolute atomic E-state index is 10.6. The fraction of sp³-hybridized carbons (Fsp3) is 0.588. The van der Waals surface area contributed by atoms with Crippen molar-refractivity contribution in [2.45, 2.75) is 63.7 Å². The van der Waals surface area contributed by atoms with Gasteiger partial charge in [0.2, 0.25) is 0 Å². The quantitative estimate of drug-likeness (QED) is 0.356. The smallest absolute Gasteiger partial charge is 0.150 e. The number of unbranched alkanes of at least 4 members (excludes halogenated alkanes) is 1. The Balaban J connectivity index is 2.32. The zero-order valence-electron chi connectivity index (χ0n) is 13.8. The molecule has 0 aliphatic heterocycles. The van der Waals surface area contributed by atoms with Gasteiger partial charge in [-0.05, 0) is 18.4 Å². The van der Waals surface area contributed by atoms with Gasteiger partial charge < -0.3 is 0 Å². The zero-order valence-corrected chi connectivity index (χ0v) is 15.8. The summed E-state index contributed by atoms with van der Waals surface area (Å²) in [5.41, 5.74) is 3.69. The second-order valence-electron chi connectivity index (χ2n) is 7.97. The van der Waals surface area contributed by atoms with Crippen LogP contribution in [0.4, 0.5) is 0 Å². The van der Waals surface area contributed by atoms with Gasteiger partial charge in [-0.25, -0.2) is 0 Å². The molecule has 0 saturated heterocycles. The third-order valence-corrected chi connectivity index (χ3v) is 13.5. The molecule has 0 spiro atoms. The average molecular weight is 307 g/mol. The largest absolute Gasteiger partial charge is 0.298 e. The second-order valence-corrected chi connectivity index (χ2v) is 19.3. The zero-order chi connectivity index (χ0) is 15.2. The lowest BCUT2D eigenvalue weighted by Gasteiger charge is -2.29. The minimum Gasteiger partial charge on any atom is -0.298 e. The van der Waals surface area contributed by atoms with E-state index in [-0.39, 0.29) is 0 Å². The van der Waals surface area contributed by atoms with Gasteiger partial charge in [-0.15, -0.1) is 0 Å². The summed E-state index contributed by atoms with van der Waals surface area (Å²) in [4.78, 5) is 10.6. The SMILES string of the molecule is C[Si](C)(C)C[Si](C)(C)CCCCc1ccc(C=O)cc1. The van der Waals surface area contributed by atoms with E-state index in [1.54, 1.807) is 5.67 Å². The van der Waals surface area contributed by atoms with E-state index in [1.165, 1.54) is 24.4 Å². The third-order valence-electron chi connectivity index (χ3n) is 3.69. The molecule has 0 fully saturated rings. The van der Waals surface area contributed by atoms with E-state index < -0.39 is 16.1 Å². The number of hydrogen-bond acceptors (Lipinski definition) is 1. The van der Waals surface area contributed by atoms with Crippen LogP contribution in [0.15, 0.2) is 24.3 Å². The molecule has 1 rings (SSSR count). The summed E-state index contributed by atoms with van der Waals surface area (Å²) >= 11 is 0. The van der Waals surface area contributed by atoms with E-state index >= 15 is 0 Å². The predicted molar refractivity (Wildman–Crippen MR) is 95.2 cm³/mol. The Hall–Kier alpha value is -0.676. The van der Waals surface area contributed by atoms with Crippen LogP contribution in [0, 0.1) is 0 Å². The van der Waals surface area contributed by atoms with Gasteiger partial charge in [0.25, 0.3) is 0 Å². The van der Waals surface area contributed by atoms with Crippen LogP contribution in [0.25, 0.3) is 0 Å². The molecule has 1 aromatic carbocycles. The average Bonchev–Trinajstić information content (AvgIpc) is 2.32. The number of hydrogen-bond donors (Lipinski definition) is 0. The van der Waals surface area contributed by atoms with Crippen molar-refractivity contribution in [1.82, 2.24) is 0 Å². The lowest BCUT2D eigenvalue weighted by Crippen LogP contribution is -2.37. The van der Waals surface area contributed by atoms with Crippen molar-refractivity contribution < 1.29 is 4.79 Å². The summed E-state index contributed by atoms with van der Waals surface area (Å²) in [6.45, 7) is 12.6. The van der Waals surface area contributed by atoms with E-state index in [0.717, 1.165) is 18.3 Å². The number of aldehydes is 1. The van der Waals surface area contributed by atoms with E-state index in [1.807, 2.05) is 12.1 Å². The first kappa shape index (κ1) is 17.4. The molecule has 20 heavy (non-hydrogen) atoms. The van der Waals surface area contributed by atoms with Crippen LogP contribution in [0.5, 0.6) is 0 Å². The Morgan fingerprint density at radius 2 is 1.55 bits per heavy atom. The summed E-state index contributed by atoms with van der Waals surface area (Å²) in [5, 5.41) is 0. The molecular weight excluding hydrogens is 276 g/mol. The van der Waals surface area contributed by atoms with Gasteiger partial charge in [0.1, 0.15) is 6.29 Å². The lowest BCUT2D eigenvalue weighted by atomic mass is 10.1. The predicted octanol–water partition coefficient (Wildman–Crippen LogP) is 5.41. The first-order chi connectivity index (χ1) is 9.22. The lowest BCUT2D eigenvalue weighted by molar-refractivity contribution is 0.112. The minimum atomic E-state index is -0.976. The molecule has 0 saturated carbocycles. The topological polar surface area (TPSA) is 17.1 Å². The van der Waals surface area contributed by atoms with Gasteiger partial charge in [0.15, 0.2) is 0 Å². The number of benzene rings is 1. The molecule has 0 bridgehead atoms. The summed E-state index contributed by atoms with van der Waals surface area (Å²) in [5.74, 6) is 0. The number of carbonyl (C=O) groups is 1. The maximum atomic E-state index is 10.6. The molecule has 0 atom stereocenters. The molecular formula is C17H30OSi2. The van der Waals surface area contributed by atoms with Gasteiger partial charge >= 0.3 is 0 Å². The molecule has 0 amide bonds. The van der Waals surface area contributed by atoms with Crippen LogP contribution < -0.4 is 0 Å². The van der Waals surface area contributed by atoms with Crippen molar-refractivity contribution in [3.05, 3.63) is 35.4 Å². The summed E-state index contributed by atoms with van der Waals surface area (Å²) < 4.78 is 0. The van der Waals surface area contributed by atoms with E-state index in [2.05, 4.69) is 44.9 Å². The molecule has 0 heterocycles. The van der Waals surface area contributed by atoms with Crippen LogP contribution in [-0.4, -0.2) is 22.4 Å². The van der Waals surface area contributed by atoms with Crippen LogP contribution in [-0.2, 0) is 6.42 Å². The fourth-order valence-corrected chi connectivity index (χ4v) is 16.6. The number of rotatable bonds is 8. The summed E-state index contributed by atoms with van der Waals surface area (Å²) in [6.07, 6.45) is 4.70. The molecule has 0 aromatic heterocycles. The Bertz CT molecular complexity index is 416. The van der Waals surface area contributed by atoms with E-state index in [0.29, 0.717) is 0 Å². The van der Waals surface area contributed by atoms with E-state index in [4.69, 9.17) is 0 Å². The standard InChI is InChI=1S/C17H30OSi2/c1-19(2,3)15-20(4,5)13-7-6-8-16-9-11-17(14-18)12-10-16/h9-12,14H,6-8,13,15H2,1-5H3. The Morgan fingerprint density at radius 1 is 0.950 bits per heavy atom. The highest BCUT2D eigenvalue weighted by atomic mass is 28.4. The van der Waals surface area contributed by atoms with Crippen molar-refractivity contribution in [2.75, 3.05) is 0 Å². The highest BCUT2D eigenvalue weighted by molar-refractivity contribution is 6.94. The van der Waals surface area contributed by atoms with Gasteiger partial charge in [-0.1, -0.05) is 75.1 Å². The Kier molecular flexibility index (Phi) is 6.40. The first-order valence-corrected chi connectivity index (χ1v) is 14.9. The second kappa shape index (κ2) is 7.37. The molecule has 0 aliphatic rings. The number of carbonyl (C=O) groups excluding carboxylic acids is 1. The molecule has 0 aliphatic carbocycles. The summed E-state index contributed by atoms with van der Waals surface area (Å²) in [7, 11) is -1.87. The third kappa shape index (κ3) is 7.20. The minimum absolute atomic E-state index is 0.775. The molecule has 0 radical (unpaired) electrons. The molecule has 0 N–H and O–H groups in total. The van der Waals surface area contributed by atoms with Crippen molar-refractivity contribution in [3.63, 3.8) is 0 Å². The van der Waals surface area contributed by atoms with Crippen molar-refractivity contribution in [1.29, 1.82) is 0 Å². The Labute approximate surface area is 126 Å². The number of aryl methyl sites for hydroxylation is 1. The van der Waals surface area contributed by atoms with Crippen molar-refractivity contribution in [2.24, 2.45) is 0 Å². The van der Waals surface area contributed by atoms with Crippen LogP contribution in [0.2, 0.25) is 44.4 Å². The molecule has 1 nitrogen and oxygen atoms in total. The van der Waals surface area contributed by atoms with Gasteiger partial charge in [-0.3, -0.25) is 4.79 Å². The monoisotopic (exact) mass is 306 g/mol. The van der Waals surface area contributed by atoms with Gasteiger partial charge in [0, 0.05) is 21.7 Å².